The highest BCUT2D eigenvalue weighted by atomic mass is 16.5. The molecule has 0 fully saturated rings. The Balaban J connectivity index is 1.34. The van der Waals surface area contributed by atoms with Crippen molar-refractivity contribution in [3.8, 4) is 5.75 Å². The number of ether oxygens (including phenoxy) is 1. The number of H-pyrrole nitrogens is 1. The highest BCUT2D eigenvalue weighted by Crippen LogP contribution is 2.29. The Hall–Kier alpha value is -2.75. The number of aryl methyl sites for hydroxylation is 1. The van der Waals surface area contributed by atoms with Gasteiger partial charge >= 0.3 is 0 Å². The van der Waals surface area contributed by atoms with Gasteiger partial charge in [0.05, 0.1) is 0 Å². The van der Waals surface area contributed by atoms with E-state index in [1.165, 1.54) is 27.7 Å². The summed E-state index contributed by atoms with van der Waals surface area (Å²) in [6.45, 7) is 2.07. The van der Waals surface area contributed by atoms with E-state index in [9.17, 15) is 4.79 Å². The largest absolute Gasteiger partial charge is 0.484 e. The zero-order valence-corrected chi connectivity index (χ0v) is 13.6. The number of hydrogen-bond donors (Lipinski definition) is 2. The molecule has 0 spiro atoms. The molecule has 4 heteroatoms. The van der Waals surface area contributed by atoms with Gasteiger partial charge in [0, 0.05) is 29.1 Å². The predicted molar refractivity (Wildman–Crippen MR) is 94.3 cm³/mol. The molecule has 2 N–H and O–H groups in total. The summed E-state index contributed by atoms with van der Waals surface area (Å²) in [6, 6.07) is 16.2. The molecule has 1 aromatic heterocycles. The van der Waals surface area contributed by atoms with E-state index in [1.807, 2.05) is 37.3 Å². The first-order valence-electron chi connectivity index (χ1n) is 8.26. The summed E-state index contributed by atoms with van der Waals surface area (Å²) in [5.41, 5.74) is 4.91. The van der Waals surface area contributed by atoms with E-state index in [2.05, 4.69) is 28.5 Å². The number of benzene rings is 2. The Morgan fingerprint density at radius 3 is 2.79 bits per heavy atom. The van der Waals surface area contributed by atoms with Crippen molar-refractivity contribution in [2.24, 2.45) is 0 Å². The Kier molecular flexibility index (Phi) is 3.73. The number of hydrogen-bond acceptors (Lipinski definition) is 2. The van der Waals surface area contributed by atoms with Crippen LogP contribution in [0.5, 0.6) is 5.75 Å². The van der Waals surface area contributed by atoms with E-state index in [0.29, 0.717) is 0 Å². The third-order valence-electron chi connectivity index (χ3n) is 4.56. The minimum atomic E-state index is -0.0740. The summed E-state index contributed by atoms with van der Waals surface area (Å²) < 4.78 is 5.54. The van der Waals surface area contributed by atoms with Crippen molar-refractivity contribution in [1.29, 1.82) is 0 Å². The minimum absolute atomic E-state index is 0.0498. The van der Waals surface area contributed by atoms with Gasteiger partial charge in [0.25, 0.3) is 5.91 Å². The fourth-order valence-corrected chi connectivity index (χ4v) is 3.38. The minimum Gasteiger partial charge on any atom is -0.484 e. The Morgan fingerprint density at radius 2 is 1.96 bits per heavy atom. The van der Waals surface area contributed by atoms with Gasteiger partial charge in [-0.25, -0.2) is 0 Å². The maximum absolute atomic E-state index is 12.1. The van der Waals surface area contributed by atoms with Crippen LogP contribution < -0.4 is 10.1 Å². The van der Waals surface area contributed by atoms with Crippen LogP contribution in [0.3, 0.4) is 0 Å². The monoisotopic (exact) mass is 320 g/mol. The first kappa shape index (κ1) is 14.8. The van der Waals surface area contributed by atoms with Crippen LogP contribution in [-0.2, 0) is 17.6 Å². The Labute approximate surface area is 140 Å². The second-order valence-electron chi connectivity index (χ2n) is 6.40. The van der Waals surface area contributed by atoms with Gasteiger partial charge in [0.2, 0.25) is 0 Å². The Morgan fingerprint density at radius 1 is 1.17 bits per heavy atom. The van der Waals surface area contributed by atoms with E-state index in [4.69, 9.17) is 4.74 Å². The van der Waals surface area contributed by atoms with Gasteiger partial charge < -0.3 is 15.0 Å². The summed E-state index contributed by atoms with van der Waals surface area (Å²) in [5, 5.41) is 4.34. The lowest BCUT2D eigenvalue weighted by atomic mass is 10.1. The average molecular weight is 320 g/mol. The van der Waals surface area contributed by atoms with E-state index in [-0.39, 0.29) is 18.6 Å². The number of aromatic amines is 1. The van der Waals surface area contributed by atoms with Crippen molar-refractivity contribution in [2.45, 2.75) is 25.8 Å². The normalized spacial score (nSPS) is 16.1. The van der Waals surface area contributed by atoms with E-state index >= 15 is 0 Å². The van der Waals surface area contributed by atoms with E-state index in [1.54, 1.807) is 0 Å². The van der Waals surface area contributed by atoms with Gasteiger partial charge in [0.1, 0.15) is 5.75 Å². The summed E-state index contributed by atoms with van der Waals surface area (Å²) in [5.74, 6) is 0.647. The molecule has 4 nitrogen and oxygen atoms in total. The number of carbonyl (C=O) groups excluding carboxylic acids is 1. The lowest BCUT2D eigenvalue weighted by Crippen LogP contribution is -2.38. The lowest BCUT2D eigenvalue weighted by molar-refractivity contribution is -0.123. The van der Waals surface area contributed by atoms with Crippen molar-refractivity contribution in [2.75, 3.05) is 6.61 Å². The predicted octanol–water partition coefficient (Wildman–Crippen LogP) is 3.14. The van der Waals surface area contributed by atoms with Gasteiger partial charge in [-0.3, -0.25) is 4.79 Å². The average Bonchev–Trinajstić information content (AvgIpc) is 3.11. The lowest BCUT2D eigenvalue weighted by Gasteiger charge is -2.13. The van der Waals surface area contributed by atoms with Crippen molar-refractivity contribution in [3.05, 3.63) is 65.4 Å². The molecular weight excluding hydrogens is 300 g/mol. The molecule has 1 aliphatic carbocycles. The molecule has 0 aliphatic heterocycles. The maximum atomic E-state index is 12.1. The molecule has 0 saturated heterocycles. The summed E-state index contributed by atoms with van der Waals surface area (Å²) in [4.78, 5) is 15.6. The number of para-hydroxylation sites is 1. The topological polar surface area (TPSA) is 54.1 Å². The second-order valence-corrected chi connectivity index (χ2v) is 6.40. The van der Waals surface area contributed by atoms with Gasteiger partial charge in [-0.15, -0.1) is 0 Å². The van der Waals surface area contributed by atoms with Crippen LogP contribution in [0, 0.1) is 6.92 Å². The Bertz CT molecular complexity index is 880. The molecule has 4 rings (SSSR count). The van der Waals surface area contributed by atoms with Crippen molar-refractivity contribution in [1.82, 2.24) is 10.3 Å². The van der Waals surface area contributed by atoms with Gasteiger partial charge in [-0.05, 0) is 37.1 Å². The molecule has 1 heterocycles. The maximum Gasteiger partial charge on any atom is 0.258 e. The van der Waals surface area contributed by atoms with Crippen LogP contribution in [-0.4, -0.2) is 23.5 Å². The molecule has 0 bridgehead atoms. The molecule has 2 aromatic carbocycles. The number of fused-ring (bicyclic) bond motifs is 3. The molecule has 1 atom stereocenters. The van der Waals surface area contributed by atoms with Crippen LogP contribution in [0.15, 0.2) is 48.5 Å². The second kappa shape index (κ2) is 6.04. The number of rotatable bonds is 4. The molecule has 1 amide bonds. The number of amides is 1. The van der Waals surface area contributed by atoms with Gasteiger partial charge in [-0.2, -0.15) is 0 Å². The van der Waals surface area contributed by atoms with Crippen LogP contribution in [0.4, 0.5) is 0 Å². The zero-order chi connectivity index (χ0) is 16.5. The number of aromatic nitrogens is 1. The SMILES string of the molecule is Cc1ccc(OCC(=O)NC2Cc3[nH]c4ccccc4c3C2)cc1. The van der Waals surface area contributed by atoms with Gasteiger partial charge in [0.15, 0.2) is 6.61 Å². The van der Waals surface area contributed by atoms with Crippen molar-refractivity contribution >= 4 is 16.8 Å². The molecule has 0 saturated carbocycles. The third-order valence-corrected chi connectivity index (χ3v) is 4.56. The van der Waals surface area contributed by atoms with Crippen LogP contribution >= 0.6 is 0 Å². The summed E-state index contributed by atoms with van der Waals surface area (Å²) >= 11 is 0. The van der Waals surface area contributed by atoms with Gasteiger partial charge in [-0.1, -0.05) is 35.9 Å². The molecule has 1 aliphatic rings. The van der Waals surface area contributed by atoms with E-state index < -0.39 is 0 Å². The van der Waals surface area contributed by atoms with Crippen LogP contribution in [0.25, 0.3) is 10.9 Å². The zero-order valence-electron chi connectivity index (χ0n) is 13.6. The fourth-order valence-electron chi connectivity index (χ4n) is 3.38. The number of carbonyl (C=O) groups is 1. The third kappa shape index (κ3) is 2.87. The standard InChI is InChI=1S/C20H20N2O2/c1-13-6-8-15(9-7-13)24-12-20(23)21-14-10-17-16-4-2-3-5-18(16)22-19(17)11-14/h2-9,14,22H,10-12H2,1H3,(H,21,23). The first-order valence-corrected chi connectivity index (χ1v) is 8.26. The molecular formula is C20H20N2O2. The van der Waals surface area contributed by atoms with Crippen molar-refractivity contribution in [3.63, 3.8) is 0 Å². The van der Waals surface area contributed by atoms with Crippen LogP contribution in [0.1, 0.15) is 16.8 Å². The van der Waals surface area contributed by atoms with Crippen molar-refractivity contribution < 1.29 is 9.53 Å². The quantitative estimate of drug-likeness (QED) is 0.776. The molecule has 0 radical (unpaired) electrons. The smallest absolute Gasteiger partial charge is 0.258 e. The summed E-state index contributed by atoms with van der Waals surface area (Å²) in [6.07, 6.45) is 1.72. The van der Waals surface area contributed by atoms with Crippen LogP contribution in [0.2, 0.25) is 0 Å². The first-order chi connectivity index (χ1) is 11.7. The number of nitrogens with one attached hydrogen (secondary N) is 2. The van der Waals surface area contributed by atoms with E-state index in [0.717, 1.165) is 18.6 Å². The highest BCUT2D eigenvalue weighted by molar-refractivity contribution is 5.86. The molecule has 3 aromatic rings. The highest BCUT2D eigenvalue weighted by Gasteiger charge is 2.26. The molecule has 24 heavy (non-hydrogen) atoms. The summed E-state index contributed by atoms with van der Waals surface area (Å²) in [7, 11) is 0. The molecule has 1 unspecified atom stereocenters. The molecule has 122 valence electrons. The fraction of sp³-hybridized carbons (Fsp3) is 0.250.